The Labute approximate surface area is 138 Å². The molecule has 3 aromatic rings. The third kappa shape index (κ3) is 2.84. The summed E-state index contributed by atoms with van der Waals surface area (Å²) < 4.78 is 0. The lowest BCUT2D eigenvalue weighted by molar-refractivity contribution is 0.245. The minimum atomic E-state index is 0.880. The predicted molar refractivity (Wildman–Crippen MR) is 92.2 cm³/mol. The van der Waals surface area contributed by atoms with Crippen molar-refractivity contribution in [3.63, 3.8) is 0 Å². The van der Waals surface area contributed by atoms with E-state index < -0.39 is 0 Å². The van der Waals surface area contributed by atoms with E-state index in [0.717, 1.165) is 31.9 Å². The van der Waals surface area contributed by atoms with E-state index in [0.29, 0.717) is 0 Å². The van der Waals surface area contributed by atoms with Gasteiger partial charge in [0, 0.05) is 48.4 Å². The third-order valence-corrected chi connectivity index (χ3v) is 5.63. The van der Waals surface area contributed by atoms with E-state index in [1.165, 1.54) is 27.3 Å². The molecule has 4 heterocycles. The van der Waals surface area contributed by atoms with Crippen LogP contribution in [0.2, 0.25) is 0 Å². The second kappa shape index (κ2) is 5.91. The van der Waals surface area contributed by atoms with Gasteiger partial charge in [-0.25, -0.2) is 9.97 Å². The normalized spacial score (nSPS) is 15.0. The maximum atomic E-state index is 4.56. The number of hydrogen-bond acceptors (Lipinski definition) is 5. The van der Waals surface area contributed by atoms with Crippen LogP contribution in [0.3, 0.4) is 0 Å². The van der Waals surface area contributed by atoms with E-state index in [1.807, 2.05) is 24.5 Å². The first-order chi connectivity index (χ1) is 10.8. The first-order valence-corrected chi connectivity index (χ1v) is 9.24. The van der Waals surface area contributed by atoms with Gasteiger partial charge in [0.2, 0.25) is 0 Å². The summed E-state index contributed by atoms with van der Waals surface area (Å²) in [5.41, 5.74) is 5.19. The van der Waals surface area contributed by atoms with Gasteiger partial charge in [-0.1, -0.05) is 0 Å². The Morgan fingerprint density at radius 1 is 1.27 bits per heavy atom. The van der Waals surface area contributed by atoms with Crippen molar-refractivity contribution in [2.24, 2.45) is 0 Å². The molecule has 0 fully saturated rings. The third-order valence-electron chi connectivity index (χ3n) is 4.02. The van der Waals surface area contributed by atoms with Crippen LogP contribution in [-0.2, 0) is 19.5 Å². The highest BCUT2D eigenvalue weighted by atomic mass is 32.1. The molecule has 0 spiro atoms. The van der Waals surface area contributed by atoms with E-state index in [-0.39, 0.29) is 0 Å². The Hall–Kier alpha value is -1.56. The summed E-state index contributed by atoms with van der Waals surface area (Å²) in [6, 6.07) is 4.52. The number of nitrogens with zero attached hydrogens (tertiary/aromatic N) is 3. The Morgan fingerprint density at radius 2 is 2.23 bits per heavy atom. The molecule has 1 aliphatic heterocycles. The zero-order valence-electron chi connectivity index (χ0n) is 12.5. The van der Waals surface area contributed by atoms with Crippen molar-refractivity contribution < 1.29 is 0 Å². The summed E-state index contributed by atoms with van der Waals surface area (Å²) >= 11 is 3.61. The van der Waals surface area contributed by atoms with Gasteiger partial charge < -0.3 is 0 Å². The second-order valence-electron chi connectivity index (χ2n) is 5.66. The zero-order valence-corrected chi connectivity index (χ0v) is 14.1. The molecular weight excluding hydrogens is 310 g/mol. The monoisotopic (exact) mass is 327 g/mol. The molecule has 0 aromatic carbocycles. The lowest BCUT2D eigenvalue weighted by Crippen LogP contribution is -2.30. The summed E-state index contributed by atoms with van der Waals surface area (Å²) in [5.74, 6) is 0.880. The van der Waals surface area contributed by atoms with Crippen molar-refractivity contribution in [3.05, 3.63) is 56.4 Å². The number of rotatable bonds is 3. The number of hydrogen-bond donors (Lipinski definition) is 0. The van der Waals surface area contributed by atoms with Crippen LogP contribution in [0.5, 0.6) is 0 Å². The zero-order chi connectivity index (χ0) is 14.9. The van der Waals surface area contributed by atoms with Crippen LogP contribution >= 0.6 is 22.7 Å². The molecule has 0 bridgehead atoms. The van der Waals surface area contributed by atoms with Crippen molar-refractivity contribution >= 4 is 22.7 Å². The van der Waals surface area contributed by atoms with Crippen molar-refractivity contribution in [3.8, 4) is 11.1 Å². The first-order valence-electron chi connectivity index (χ1n) is 7.41. The summed E-state index contributed by atoms with van der Waals surface area (Å²) in [6.45, 7) is 5.02. The predicted octanol–water partition coefficient (Wildman–Crippen LogP) is 4.13. The largest absolute Gasteiger partial charge is 0.293 e. The smallest absolute Gasteiger partial charge is 0.125 e. The molecule has 112 valence electrons. The molecule has 0 saturated carbocycles. The molecule has 0 N–H and O–H groups in total. The molecule has 0 amide bonds. The fourth-order valence-corrected chi connectivity index (χ4v) is 4.47. The van der Waals surface area contributed by atoms with Gasteiger partial charge in [0.05, 0.1) is 0 Å². The van der Waals surface area contributed by atoms with Gasteiger partial charge in [-0.15, -0.1) is 11.3 Å². The highest BCUT2D eigenvalue weighted by Crippen LogP contribution is 2.29. The quantitative estimate of drug-likeness (QED) is 0.724. The van der Waals surface area contributed by atoms with Gasteiger partial charge in [-0.3, -0.25) is 4.90 Å². The topological polar surface area (TPSA) is 29.0 Å². The molecular formula is C17H17N3S2. The minimum Gasteiger partial charge on any atom is -0.293 e. The van der Waals surface area contributed by atoms with Crippen LogP contribution in [-0.4, -0.2) is 21.4 Å². The van der Waals surface area contributed by atoms with Gasteiger partial charge in [0.15, 0.2) is 0 Å². The molecule has 4 rings (SSSR count). The molecule has 22 heavy (non-hydrogen) atoms. The van der Waals surface area contributed by atoms with Crippen LogP contribution < -0.4 is 0 Å². The van der Waals surface area contributed by atoms with Crippen LogP contribution in [0.25, 0.3) is 11.1 Å². The fraction of sp³-hybridized carbons (Fsp3) is 0.294. The molecule has 0 aliphatic carbocycles. The van der Waals surface area contributed by atoms with Crippen molar-refractivity contribution in [1.29, 1.82) is 0 Å². The summed E-state index contributed by atoms with van der Waals surface area (Å²) in [6.07, 6.45) is 3.02. The van der Waals surface area contributed by atoms with Crippen LogP contribution in [0.1, 0.15) is 22.0 Å². The van der Waals surface area contributed by atoms with E-state index in [4.69, 9.17) is 0 Å². The molecule has 3 nitrogen and oxygen atoms in total. The Balaban J connectivity index is 1.47. The SMILES string of the molecule is Cc1ncc2c(n1)CCN(Cc1cc(-c3ccsc3)cs1)C2. The van der Waals surface area contributed by atoms with Gasteiger partial charge in [-0.05, 0) is 46.3 Å². The van der Waals surface area contributed by atoms with E-state index >= 15 is 0 Å². The Morgan fingerprint density at radius 3 is 3.09 bits per heavy atom. The van der Waals surface area contributed by atoms with Gasteiger partial charge in [0.25, 0.3) is 0 Å². The number of thiophene rings is 2. The molecule has 0 atom stereocenters. The average molecular weight is 327 g/mol. The highest BCUT2D eigenvalue weighted by Gasteiger charge is 2.18. The summed E-state index contributed by atoms with van der Waals surface area (Å²) in [4.78, 5) is 12.8. The first kappa shape index (κ1) is 14.1. The molecule has 0 radical (unpaired) electrons. The summed E-state index contributed by atoms with van der Waals surface area (Å²) in [5, 5.41) is 6.61. The van der Waals surface area contributed by atoms with E-state index in [9.17, 15) is 0 Å². The highest BCUT2D eigenvalue weighted by molar-refractivity contribution is 7.10. The molecule has 5 heteroatoms. The van der Waals surface area contributed by atoms with Crippen LogP contribution in [0.15, 0.2) is 34.5 Å². The maximum Gasteiger partial charge on any atom is 0.125 e. The number of aromatic nitrogens is 2. The molecule has 0 unspecified atom stereocenters. The lowest BCUT2D eigenvalue weighted by Gasteiger charge is -2.27. The van der Waals surface area contributed by atoms with Crippen molar-refractivity contribution in [2.45, 2.75) is 26.4 Å². The van der Waals surface area contributed by atoms with E-state index in [1.54, 1.807) is 11.3 Å². The fourth-order valence-electron chi connectivity index (χ4n) is 2.87. The molecule has 0 saturated heterocycles. The van der Waals surface area contributed by atoms with Crippen molar-refractivity contribution in [2.75, 3.05) is 6.54 Å². The molecule has 1 aliphatic rings. The van der Waals surface area contributed by atoms with Gasteiger partial charge >= 0.3 is 0 Å². The Bertz CT molecular complexity index is 777. The Kier molecular flexibility index (Phi) is 3.78. The van der Waals surface area contributed by atoms with Crippen LogP contribution in [0.4, 0.5) is 0 Å². The average Bonchev–Trinajstić information content (AvgIpc) is 3.18. The van der Waals surface area contributed by atoms with Crippen molar-refractivity contribution in [1.82, 2.24) is 14.9 Å². The second-order valence-corrected chi connectivity index (χ2v) is 7.44. The molecule has 3 aromatic heterocycles. The van der Waals surface area contributed by atoms with Gasteiger partial charge in [-0.2, -0.15) is 11.3 Å². The number of fused-ring (bicyclic) bond motifs is 1. The summed E-state index contributed by atoms with van der Waals surface area (Å²) in [7, 11) is 0. The van der Waals surface area contributed by atoms with E-state index in [2.05, 4.69) is 43.1 Å². The minimum absolute atomic E-state index is 0.880. The maximum absolute atomic E-state index is 4.56. The van der Waals surface area contributed by atoms with Crippen LogP contribution in [0, 0.1) is 6.92 Å². The number of aryl methyl sites for hydroxylation is 1. The van der Waals surface area contributed by atoms with Gasteiger partial charge in [0.1, 0.15) is 5.82 Å². The lowest BCUT2D eigenvalue weighted by atomic mass is 10.1. The standard InChI is InChI=1S/C17H17N3S2/c1-12-18-7-15-8-20(4-2-17(15)19-12)9-16-6-14(11-22-16)13-3-5-21-10-13/h3,5-7,10-11H,2,4,8-9H2,1H3.